The van der Waals surface area contributed by atoms with Crippen LogP contribution in [0.25, 0.3) is 10.7 Å². The second kappa shape index (κ2) is 9.22. The van der Waals surface area contributed by atoms with Crippen molar-refractivity contribution in [3.05, 3.63) is 47.3 Å². The van der Waals surface area contributed by atoms with E-state index in [0.29, 0.717) is 23.0 Å². The fourth-order valence-corrected chi connectivity index (χ4v) is 4.56. The lowest BCUT2D eigenvalue weighted by atomic mass is 10.2. The van der Waals surface area contributed by atoms with Gasteiger partial charge in [-0.15, -0.1) is 21.5 Å². The highest BCUT2D eigenvalue weighted by molar-refractivity contribution is 7.99. The number of hydrogen-bond acceptors (Lipinski definition) is 7. The third-order valence-corrected chi connectivity index (χ3v) is 6.33. The van der Waals surface area contributed by atoms with Gasteiger partial charge in [0.25, 0.3) is 0 Å². The quantitative estimate of drug-likeness (QED) is 0.579. The Morgan fingerprint density at radius 1 is 1.34 bits per heavy atom. The minimum atomic E-state index is -0.135. The maximum atomic E-state index is 12.4. The van der Waals surface area contributed by atoms with E-state index in [4.69, 9.17) is 10.00 Å². The van der Waals surface area contributed by atoms with Gasteiger partial charge in [0, 0.05) is 12.3 Å². The number of carbonyl (C=O) groups is 1. The number of ether oxygens (including phenoxy) is 1. The highest BCUT2D eigenvalue weighted by atomic mass is 32.2. The predicted molar refractivity (Wildman–Crippen MR) is 113 cm³/mol. The summed E-state index contributed by atoms with van der Waals surface area (Å²) in [7, 11) is 0. The van der Waals surface area contributed by atoms with Gasteiger partial charge in [-0.25, -0.2) is 0 Å². The zero-order valence-electron chi connectivity index (χ0n) is 15.6. The van der Waals surface area contributed by atoms with E-state index in [-0.39, 0.29) is 17.8 Å². The summed E-state index contributed by atoms with van der Waals surface area (Å²) >= 11 is 2.97. The number of thiophene rings is 1. The molecular weight excluding hydrogens is 406 g/mol. The van der Waals surface area contributed by atoms with E-state index < -0.39 is 0 Å². The van der Waals surface area contributed by atoms with Gasteiger partial charge >= 0.3 is 0 Å². The molecule has 3 heterocycles. The Morgan fingerprint density at radius 2 is 2.21 bits per heavy atom. The molecule has 7 nitrogen and oxygen atoms in total. The Bertz CT molecular complexity index is 1000. The molecule has 4 rings (SSSR count). The van der Waals surface area contributed by atoms with Crippen LogP contribution in [0.4, 0.5) is 5.69 Å². The Balaban J connectivity index is 1.44. The van der Waals surface area contributed by atoms with Gasteiger partial charge in [-0.2, -0.15) is 5.26 Å². The number of nitrogens with zero attached hydrogens (tertiary/aromatic N) is 4. The lowest BCUT2D eigenvalue weighted by Gasteiger charge is -2.14. The van der Waals surface area contributed by atoms with Crippen molar-refractivity contribution in [3.63, 3.8) is 0 Å². The second-order valence-corrected chi connectivity index (χ2v) is 8.45. The normalized spacial score (nSPS) is 15.9. The van der Waals surface area contributed by atoms with Gasteiger partial charge in [-0.1, -0.05) is 17.8 Å². The smallest absolute Gasteiger partial charge is 0.234 e. The van der Waals surface area contributed by atoms with Crippen LogP contribution in [-0.4, -0.2) is 39.1 Å². The standard InChI is InChI=1S/C20H19N5O2S2/c21-11-14-5-7-15(8-6-14)22-18(26)13-29-20-24-23-19(17-4-2-10-28-17)25(20)12-16-3-1-9-27-16/h2,4-8,10,16H,1,3,9,12-13H2,(H,22,26). The van der Waals surface area contributed by atoms with Gasteiger partial charge in [0.05, 0.1) is 34.9 Å². The van der Waals surface area contributed by atoms with Crippen molar-refractivity contribution in [1.29, 1.82) is 5.26 Å². The van der Waals surface area contributed by atoms with E-state index in [1.165, 1.54) is 11.8 Å². The molecule has 1 aliphatic heterocycles. The molecule has 1 amide bonds. The topological polar surface area (TPSA) is 92.8 Å². The predicted octanol–water partition coefficient (Wildman–Crippen LogP) is 3.79. The number of thioether (sulfide) groups is 1. The average molecular weight is 426 g/mol. The number of rotatable bonds is 7. The van der Waals surface area contributed by atoms with Crippen molar-refractivity contribution >= 4 is 34.7 Å². The van der Waals surface area contributed by atoms with Crippen LogP contribution in [0.15, 0.2) is 46.9 Å². The first-order chi connectivity index (χ1) is 14.2. The molecule has 1 unspecified atom stereocenters. The van der Waals surface area contributed by atoms with E-state index >= 15 is 0 Å². The average Bonchev–Trinajstić information content (AvgIpc) is 3.50. The third kappa shape index (κ3) is 4.85. The summed E-state index contributed by atoms with van der Waals surface area (Å²) in [5.41, 5.74) is 1.22. The highest BCUT2D eigenvalue weighted by Gasteiger charge is 2.22. The van der Waals surface area contributed by atoms with Gasteiger partial charge < -0.3 is 10.1 Å². The minimum absolute atomic E-state index is 0.135. The van der Waals surface area contributed by atoms with Crippen molar-refractivity contribution in [3.8, 4) is 16.8 Å². The van der Waals surface area contributed by atoms with Crippen molar-refractivity contribution in [1.82, 2.24) is 14.8 Å². The molecule has 1 fully saturated rings. The highest BCUT2D eigenvalue weighted by Crippen LogP contribution is 2.29. The molecule has 3 aromatic rings. The summed E-state index contributed by atoms with van der Waals surface area (Å²) < 4.78 is 7.85. The summed E-state index contributed by atoms with van der Waals surface area (Å²) in [5.74, 6) is 0.892. The molecule has 0 bridgehead atoms. The van der Waals surface area contributed by atoms with Gasteiger partial charge in [0.2, 0.25) is 5.91 Å². The van der Waals surface area contributed by atoms with Gasteiger partial charge in [0.1, 0.15) is 0 Å². The molecule has 0 aliphatic carbocycles. The zero-order chi connectivity index (χ0) is 20.1. The maximum Gasteiger partial charge on any atom is 0.234 e. The Labute approximate surface area is 176 Å². The largest absolute Gasteiger partial charge is 0.376 e. The number of nitrogens with one attached hydrogen (secondary N) is 1. The molecule has 1 saturated heterocycles. The van der Waals surface area contributed by atoms with Crippen molar-refractivity contribution in [2.45, 2.75) is 30.6 Å². The Hall–Kier alpha value is -2.67. The zero-order valence-corrected chi connectivity index (χ0v) is 17.2. The summed E-state index contributed by atoms with van der Waals surface area (Å²) in [4.78, 5) is 13.4. The van der Waals surface area contributed by atoms with Crippen molar-refractivity contribution in [2.24, 2.45) is 0 Å². The molecule has 0 saturated carbocycles. The molecule has 0 radical (unpaired) electrons. The number of nitriles is 1. The lowest BCUT2D eigenvalue weighted by Crippen LogP contribution is -2.18. The molecule has 9 heteroatoms. The number of carbonyl (C=O) groups excluding carboxylic acids is 1. The maximum absolute atomic E-state index is 12.4. The van der Waals surface area contributed by atoms with E-state index in [9.17, 15) is 4.79 Å². The summed E-state index contributed by atoms with van der Waals surface area (Å²) in [6, 6.07) is 12.9. The first kappa shape index (κ1) is 19.6. The van der Waals surface area contributed by atoms with E-state index in [0.717, 1.165) is 30.2 Å². The molecule has 1 aromatic carbocycles. The van der Waals surface area contributed by atoms with Crippen LogP contribution in [-0.2, 0) is 16.1 Å². The number of benzene rings is 1. The van der Waals surface area contributed by atoms with Crippen LogP contribution in [0.1, 0.15) is 18.4 Å². The van der Waals surface area contributed by atoms with Gasteiger partial charge in [0.15, 0.2) is 11.0 Å². The van der Waals surface area contributed by atoms with E-state index in [1.807, 2.05) is 17.5 Å². The molecular formula is C20H19N5O2S2. The third-order valence-electron chi connectivity index (χ3n) is 4.50. The van der Waals surface area contributed by atoms with Crippen LogP contribution >= 0.6 is 23.1 Å². The molecule has 1 atom stereocenters. The summed E-state index contributed by atoms with van der Waals surface area (Å²) in [6.45, 7) is 1.47. The fraction of sp³-hybridized carbons (Fsp3) is 0.300. The fourth-order valence-electron chi connectivity index (χ4n) is 3.10. The number of amides is 1. The lowest BCUT2D eigenvalue weighted by molar-refractivity contribution is -0.113. The minimum Gasteiger partial charge on any atom is -0.376 e. The molecule has 29 heavy (non-hydrogen) atoms. The first-order valence-corrected chi connectivity index (χ1v) is 11.1. The number of hydrogen-bond donors (Lipinski definition) is 1. The number of aromatic nitrogens is 3. The van der Waals surface area contributed by atoms with Crippen LogP contribution in [0.2, 0.25) is 0 Å². The van der Waals surface area contributed by atoms with E-state index in [1.54, 1.807) is 35.6 Å². The Kier molecular flexibility index (Phi) is 6.24. The molecule has 2 aromatic heterocycles. The van der Waals surface area contributed by atoms with Crippen molar-refractivity contribution in [2.75, 3.05) is 17.7 Å². The molecule has 148 valence electrons. The van der Waals surface area contributed by atoms with Gasteiger partial charge in [-0.05, 0) is 48.6 Å². The Morgan fingerprint density at radius 3 is 2.90 bits per heavy atom. The second-order valence-electron chi connectivity index (χ2n) is 6.56. The summed E-state index contributed by atoms with van der Waals surface area (Å²) in [6.07, 6.45) is 2.23. The summed E-state index contributed by atoms with van der Waals surface area (Å²) in [5, 5.41) is 23.1. The SMILES string of the molecule is N#Cc1ccc(NC(=O)CSc2nnc(-c3cccs3)n2CC2CCCO2)cc1. The van der Waals surface area contributed by atoms with Crippen LogP contribution in [0.3, 0.4) is 0 Å². The molecule has 1 aliphatic rings. The monoisotopic (exact) mass is 425 g/mol. The van der Waals surface area contributed by atoms with Crippen LogP contribution in [0, 0.1) is 11.3 Å². The van der Waals surface area contributed by atoms with Crippen LogP contribution < -0.4 is 5.32 Å². The number of anilines is 1. The van der Waals surface area contributed by atoms with Crippen LogP contribution in [0.5, 0.6) is 0 Å². The first-order valence-electron chi connectivity index (χ1n) is 9.24. The van der Waals surface area contributed by atoms with E-state index in [2.05, 4.69) is 26.2 Å². The van der Waals surface area contributed by atoms with Crippen molar-refractivity contribution < 1.29 is 9.53 Å². The molecule has 0 spiro atoms. The molecule has 1 N–H and O–H groups in total. The van der Waals surface area contributed by atoms with Gasteiger partial charge in [-0.3, -0.25) is 9.36 Å².